The zero-order valence-electron chi connectivity index (χ0n) is 13.1. The summed E-state index contributed by atoms with van der Waals surface area (Å²) in [5.41, 5.74) is 0.929. The van der Waals surface area contributed by atoms with E-state index in [0.717, 1.165) is 44.6 Å². The molecule has 1 N–H and O–H groups in total. The van der Waals surface area contributed by atoms with Crippen molar-refractivity contribution in [3.63, 3.8) is 0 Å². The highest BCUT2D eigenvalue weighted by Crippen LogP contribution is 2.49. The molecule has 7 nitrogen and oxygen atoms in total. The number of ether oxygens (including phenoxy) is 2. The van der Waals surface area contributed by atoms with E-state index in [-0.39, 0.29) is 48.3 Å². The monoisotopic (exact) mass is 377 g/mol. The predicted molar refractivity (Wildman–Crippen MR) is 93.6 cm³/mol. The van der Waals surface area contributed by atoms with Gasteiger partial charge < -0.3 is 14.8 Å². The van der Waals surface area contributed by atoms with Gasteiger partial charge in [-0.15, -0.1) is 24.8 Å². The van der Waals surface area contributed by atoms with Crippen molar-refractivity contribution < 1.29 is 14.4 Å². The molecule has 134 valence electrons. The van der Waals surface area contributed by atoms with Crippen molar-refractivity contribution in [1.82, 2.24) is 10.2 Å². The first kappa shape index (κ1) is 19.1. The highest BCUT2D eigenvalue weighted by Gasteiger charge is 2.41. The summed E-state index contributed by atoms with van der Waals surface area (Å²) in [5, 5.41) is 14.9. The summed E-state index contributed by atoms with van der Waals surface area (Å²) in [6, 6.07) is 3.46. The van der Waals surface area contributed by atoms with Gasteiger partial charge in [0.2, 0.25) is 6.79 Å². The number of hydrogen-bond acceptors (Lipinski definition) is 6. The average molecular weight is 378 g/mol. The van der Waals surface area contributed by atoms with Crippen LogP contribution in [0.15, 0.2) is 12.1 Å². The number of nitrogens with one attached hydrogen (secondary N) is 1. The third-order valence-corrected chi connectivity index (χ3v) is 4.65. The third-order valence-electron chi connectivity index (χ3n) is 4.65. The van der Waals surface area contributed by atoms with Gasteiger partial charge in [0.25, 0.3) is 5.69 Å². The van der Waals surface area contributed by atoms with Crippen molar-refractivity contribution in [1.29, 1.82) is 0 Å². The SMILES string of the molecule is Cl.Cl.O=[N+]([O-])c1cc2c(cc1[C@@H](C1CC1)N1CCNCC1)OCO2. The highest BCUT2D eigenvalue weighted by atomic mass is 35.5. The number of rotatable bonds is 4. The van der Waals surface area contributed by atoms with Crippen molar-refractivity contribution in [3.05, 3.63) is 27.8 Å². The lowest BCUT2D eigenvalue weighted by molar-refractivity contribution is -0.386. The van der Waals surface area contributed by atoms with Crippen molar-refractivity contribution in [3.8, 4) is 11.5 Å². The Hall–Kier alpha value is -1.28. The molecule has 1 saturated heterocycles. The minimum Gasteiger partial charge on any atom is -0.454 e. The Morgan fingerprint density at radius 3 is 2.38 bits per heavy atom. The van der Waals surface area contributed by atoms with Gasteiger partial charge in [0.1, 0.15) is 0 Å². The van der Waals surface area contributed by atoms with Gasteiger partial charge in [0.15, 0.2) is 11.5 Å². The lowest BCUT2D eigenvalue weighted by Crippen LogP contribution is -2.45. The van der Waals surface area contributed by atoms with Crippen LogP contribution in [0.4, 0.5) is 5.69 Å². The first-order valence-electron chi connectivity index (χ1n) is 7.77. The number of piperazine rings is 1. The summed E-state index contributed by atoms with van der Waals surface area (Å²) in [7, 11) is 0. The smallest absolute Gasteiger partial charge is 0.278 e. The Balaban J connectivity index is 0.00000104. The van der Waals surface area contributed by atoms with E-state index in [1.165, 1.54) is 6.07 Å². The molecule has 2 fully saturated rings. The molecule has 0 amide bonds. The molecule has 24 heavy (non-hydrogen) atoms. The molecule has 3 aliphatic rings. The lowest BCUT2D eigenvalue weighted by atomic mass is 9.97. The van der Waals surface area contributed by atoms with Crippen LogP contribution in [0.25, 0.3) is 0 Å². The highest BCUT2D eigenvalue weighted by molar-refractivity contribution is 5.85. The fourth-order valence-corrected chi connectivity index (χ4v) is 3.46. The van der Waals surface area contributed by atoms with Crippen molar-refractivity contribution in [2.45, 2.75) is 18.9 Å². The molecular weight excluding hydrogens is 357 g/mol. The topological polar surface area (TPSA) is 76.9 Å². The Morgan fingerprint density at radius 2 is 1.79 bits per heavy atom. The fraction of sp³-hybridized carbons (Fsp3) is 0.600. The normalized spacial score (nSPS) is 20.7. The van der Waals surface area contributed by atoms with Crippen molar-refractivity contribution in [2.75, 3.05) is 33.0 Å². The van der Waals surface area contributed by atoms with Gasteiger partial charge in [-0.2, -0.15) is 0 Å². The van der Waals surface area contributed by atoms with Gasteiger partial charge >= 0.3 is 0 Å². The minimum absolute atomic E-state index is 0. The minimum atomic E-state index is -0.297. The predicted octanol–water partition coefficient (Wildman–Crippen LogP) is 2.52. The molecule has 1 aliphatic carbocycles. The Kier molecular flexibility index (Phi) is 6.14. The van der Waals surface area contributed by atoms with Gasteiger partial charge in [-0.3, -0.25) is 15.0 Å². The van der Waals surface area contributed by atoms with Crippen LogP contribution in [0.3, 0.4) is 0 Å². The first-order valence-corrected chi connectivity index (χ1v) is 7.77. The molecule has 2 aliphatic heterocycles. The van der Waals surface area contributed by atoms with Gasteiger partial charge in [-0.1, -0.05) is 0 Å². The molecule has 2 heterocycles. The van der Waals surface area contributed by atoms with E-state index in [9.17, 15) is 10.1 Å². The summed E-state index contributed by atoms with van der Waals surface area (Å²) >= 11 is 0. The molecule has 1 aromatic carbocycles. The summed E-state index contributed by atoms with van der Waals surface area (Å²) in [6.07, 6.45) is 2.28. The van der Waals surface area contributed by atoms with E-state index in [4.69, 9.17) is 9.47 Å². The zero-order chi connectivity index (χ0) is 15.1. The van der Waals surface area contributed by atoms with Crippen LogP contribution in [0.2, 0.25) is 0 Å². The second-order valence-electron chi connectivity index (χ2n) is 6.09. The number of nitro groups is 1. The van der Waals surface area contributed by atoms with E-state index in [1.54, 1.807) is 0 Å². The number of hydrogen-bond donors (Lipinski definition) is 1. The van der Waals surface area contributed by atoms with E-state index in [2.05, 4.69) is 10.2 Å². The lowest BCUT2D eigenvalue weighted by Gasteiger charge is -2.35. The van der Waals surface area contributed by atoms with Crippen molar-refractivity contribution in [2.24, 2.45) is 5.92 Å². The quantitative estimate of drug-likeness (QED) is 0.641. The largest absolute Gasteiger partial charge is 0.454 e. The number of nitro benzene ring substituents is 1. The van der Waals surface area contributed by atoms with Crippen molar-refractivity contribution >= 4 is 30.5 Å². The van der Waals surface area contributed by atoms with Crippen LogP contribution in [-0.4, -0.2) is 42.8 Å². The molecular formula is C15H21Cl2N3O4. The van der Waals surface area contributed by atoms with Gasteiger partial charge in [0.05, 0.1) is 16.6 Å². The number of nitrogens with zero attached hydrogens (tertiary/aromatic N) is 2. The molecule has 0 radical (unpaired) electrons. The number of benzene rings is 1. The molecule has 1 atom stereocenters. The summed E-state index contributed by atoms with van der Waals surface area (Å²) in [5.74, 6) is 1.61. The van der Waals surface area contributed by atoms with E-state index >= 15 is 0 Å². The fourth-order valence-electron chi connectivity index (χ4n) is 3.46. The molecule has 4 rings (SSSR count). The van der Waals surface area contributed by atoms with Crippen LogP contribution in [-0.2, 0) is 0 Å². The first-order chi connectivity index (χ1) is 10.7. The van der Waals surface area contributed by atoms with E-state index in [0.29, 0.717) is 17.4 Å². The van der Waals surface area contributed by atoms with Crippen LogP contribution >= 0.6 is 24.8 Å². The Bertz CT molecular complexity index is 607. The second-order valence-corrected chi connectivity index (χ2v) is 6.09. The van der Waals surface area contributed by atoms with Gasteiger partial charge in [-0.05, 0) is 24.8 Å². The van der Waals surface area contributed by atoms with E-state index < -0.39 is 0 Å². The van der Waals surface area contributed by atoms with Crippen LogP contribution < -0.4 is 14.8 Å². The van der Waals surface area contributed by atoms with Gasteiger partial charge in [-0.25, -0.2) is 0 Å². The molecule has 9 heteroatoms. The third kappa shape index (κ3) is 3.54. The zero-order valence-corrected chi connectivity index (χ0v) is 14.7. The van der Waals surface area contributed by atoms with E-state index in [1.807, 2.05) is 6.07 Å². The average Bonchev–Trinajstić information content (AvgIpc) is 3.25. The van der Waals surface area contributed by atoms with Crippen LogP contribution in [0.5, 0.6) is 11.5 Å². The summed E-state index contributed by atoms with van der Waals surface area (Å²) in [4.78, 5) is 13.6. The Morgan fingerprint density at radius 1 is 1.17 bits per heavy atom. The maximum Gasteiger partial charge on any atom is 0.278 e. The molecule has 0 aromatic heterocycles. The van der Waals surface area contributed by atoms with Crippen LogP contribution in [0, 0.1) is 16.0 Å². The molecule has 0 unspecified atom stereocenters. The molecule has 0 bridgehead atoms. The number of halogens is 2. The second kappa shape index (κ2) is 7.74. The van der Waals surface area contributed by atoms with Crippen LogP contribution in [0.1, 0.15) is 24.4 Å². The summed E-state index contributed by atoms with van der Waals surface area (Å²) < 4.78 is 10.7. The Labute approximate surface area is 152 Å². The maximum absolute atomic E-state index is 11.5. The molecule has 0 spiro atoms. The molecule has 1 saturated carbocycles. The number of fused-ring (bicyclic) bond motifs is 1. The summed E-state index contributed by atoms with van der Waals surface area (Å²) in [6.45, 7) is 3.85. The van der Waals surface area contributed by atoms with Gasteiger partial charge in [0, 0.05) is 32.2 Å². The molecule has 1 aromatic rings. The maximum atomic E-state index is 11.5. The standard InChI is InChI=1S/C15H19N3O4.2ClH/c19-18(20)12-8-14-13(21-9-22-14)7-11(12)15(10-1-2-10)17-5-3-16-4-6-17;;/h7-8,10,15-16H,1-6,9H2;2*1H/t15-;;/m1../s1.